The highest BCUT2D eigenvalue weighted by atomic mass is 19.1. The average Bonchev–Trinajstić information content (AvgIpc) is 2.28. The van der Waals surface area contributed by atoms with Crippen molar-refractivity contribution >= 4 is 11.6 Å². The van der Waals surface area contributed by atoms with Crippen LogP contribution in [0.5, 0.6) is 0 Å². The van der Waals surface area contributed by atoms with E-state index in [1.54, 1.807) is 6.07 Å². The van der Waals surface area contributed by atoms with Crippen LogP contribution in [0.1, 0.15) is 50.9 Å². The van der Waals surface area contributed by atoms with Crippen LogP contribution >= 0.6 is 0 Å². The number of rotatable bonds is 2. The third kappa shape index (κ3) is 3.94. The van der Waals surface area contributed by atoms with Crippen molar-refractivity contribution in [2.45, 2.75) is 57.7 Å². The van der Waals surface area contributed by atoms with Crippen molar-refractivity contribution < 1.29 is 9.18 Å². The van der Waals surface area contributed by atoms with Gasteiger partial charge in [0.15, 0.2) is 0 Å². The molecule has 116 valence electrons. The minimum Gasteiger partial charge on any atom is -0.396 e. The smallest absolute Gasteiger partial charge is 0.251 e. The van der Waals surface area contributed by atoms with Gasteiger partial charge < -0.3 is 16.4 Å². The van der Waals surface area contributed by atoms with Crippen LogP contribution in [0.4, 0.5) is 10.1 Å². The molecule has 2 rings (SSSR count). The molecule has 0 atom stereocenters. The summed E-state index contributed by atoms with van der Waals surface area (Å²) in [5.41, 5.74) is 5.68. The van der Waals surface area contributed by atoms with Gasteiger partial charge in [-0.1, -0.05) is 0 Å². The zero-order valence-corrected chi connectivity index (χ0v) is 13.1. The number of benzene rings is 1. The summed E-state index contributed by atoms with van der Waals surface area (Å²) in [7, 11) is 0. The number of hydrogen-bond acceptors (Lipinski definition) is 3. The van der Waals surface area contributed by atoms with E-state index in [0.29, 0.717) is 5.56 Å². The Balaban J connectivity index is 2.10. The van der Waals surface area contributed by atoms with Crippen molar-refractivity contribution in [1.29, 1.82) is 0 Å². The van der Waals surface area contributed by atoms with Crippen LogP contribution < -0.4 is 16.4 Å². The van der Waals surface area contributed by atoms with Gasteiger partial charge in [0.2, 0.25) is 0 Å². The third-order valence-electron chi connectivity index (χ3n) is 3.79. The monoisotopic (exact) mass is 293 g/mol. The molecule has 0 unspecified atom stereocenters. The van der Waals surface area contributed by atoms with E-state index in [1.165, 1.54) is 12.1 Å². The number of nitrogens with two attached hydrogens (primary N) is 1. The molecule has 21 heavy (non-hydrogen) atoms. The maximum absolute atomic E-state index is 13.4. The first-order chi connectivity index (χ1) is 9.58. The van der Waals surface area contributed by atoms with E-state index in [9.17, 15) is 9.18 Å². The molecule has 5 heteroatoms. The Kier molecular flexibility index (Phi) is 3.97. The van der Waals surface area contributed by atoms with Gasteiger partial charge in [-0.05, 0) is 58.7 Å². The molecule has 0 radical (unpaired) electrons. The predicted molar refractivity (Wildman–Crippen MR) is 82.6 cm³/mol. The van der Waals surface area contributed by atoms with Crippen molar-refractivity contribution in [2.75, 3.05) is 5.73 Å². The molecule has 1 heterocycles. The number of piperidine rings is 1. The molecule has 4 N–H and O–H groups in total. The maximum atomic E-state index is 13.4. The summed E-state index contributed by atoms with van der Waals surface area (Å²) >= 11 is 0. The number of carbonyl (C=O) groups is 1. The molecule has 0 spiro atoms. The summed E-state index contributed by atoms with van der Waals surface area (Å²) in [4.78, 5) is 12.3. The highest BCUT2D eigenvalue weighted by Gasteiger charge is 2.38. The van der Waals surface area contributed by atoms with E-state index >= 15 is 0 Å². The summed E-state index contributed by atoms with van der Waals surface area (Å²) < 4.78 is 13.4. The summed E-state index contributed by atoms with van der Waals surface area (Å²) in [6.07, 6.45) is 1.67. The predicted octanol–water partition coefficient (Wildman–Crippen LogP) is 2.45. The highest BCUT2D eigenvalue weighted by molar-refractivity contribution is 5.94. The van der Waals surface area contributed by atoms with Crippen LogP contribution in [-0.2, 0) is 0 Å². The van der Waals surface area contributed by atoms with Gasteiger partial charge in [-0.15, -0.1) is 0 Å². The molecule has 1 aliphatic heterocycles. The molecular weight excluding hydrogens is 269 g/mol. The van der Waals surface area contributed by atoms with Crippen molar-refractivity contribution in [1.82, 2.24) is 10.6 Å². The van der Waals surface area contributed by atoms with Gasteiger partial charge >= 0.3 is 0 Å². The Hall–Kier alpha value is -1.62. The van der Waals surface area contributed by atoms with Gasteiger partial charge in [0.1, 0.15) is 5.82 Å². The maximum Gasteiger partial charge on any atom is 0.251 e. The molecule has 1 fully saturated rings. The lowest BCUT2D eigenvalue weighted by Crippen LogP contribution is -2.62. The van der Waals surface area contributed by atoms with Gasteiger partial charge in [-0.25, -0.2) is 4.39 Å². The van der Waals surface area contributed by atoms with Crippen LogP contribution in [0.2, 0.25) is 0 Å². The fourth-order valence-electron chi connectivity index (χ4n) is 3.36. The van der Waals surface area contributed by atoms with E-state index in [2.05, 4.69) is 38.3 Å². The lowest BCUT2D eigenvalue weighted by molar-refractivity contribution is 0.0873. The zero-order chi connectivity index (χ0) is 15.8. The second kappa shape index (κ2) is 5.30. The van der Waals surface area contributed by atoms with Crippen LogP contribution in [0, 0.1) is 5.82 Å². The minimum atomic E-state index is -0.561. The molecule has 1 aromatic carbocycles. The number of nitrogen functional groups attached to an aromatic ring is 1. The molecular formula is C16H24FN3O. The SMILES string of the molecule is CC1(C)CC(NC(=O)c2ccc(N)c(F)c2)CC(C)(C)N1. The van der Waals surface area contributed by atoms with Crippen LogP contribution in [0.15, 0.2) is 18.2 Å². The van der Waals surface area contributed by atoms with Crippen molar-refractivity contribution in [3.63, 3.8) is 0 Å². The summed E-state index contributed by atoms with van der Waals surface area (Å²) in [6.45, 7) is 8.48. The lowest BCUT2D eigenvalue weighted by atomic mass is 9.79. The van der Waals surface area contributed by atoms with Crippen molar-refractivity contribution in [3.8, 4) is 0 Å². The Labute approximate surface area is 125 Å². The van der Waals surface area contributed by atoms with Gasteiger partial charge in [0.05, 0.1) is 5.69 Å². The summed E-state index contributed by atoms with van der Waals surface area (Å²) in [6, 6.07) is 4.21. The molecule has 1 aromatic rings. The number of amides is 1. The first-order valence-electron chi connectivity index (χ1n) is 7.23. The molecule has 0 aliphatic carbocycles. The Morgan fingerprint density at radius 3 is 2.38 bits per heavy atom. The van der Waals surface area contributed by atoms with Crippen LogP contribution in [-0.4, -0.2) is 23.0 Å². The summed E-state index contributed by atoms with van der Waals surface area (Å²) in [5, 5.41) is 6.57. The lowest BCUT2D eigenvalue weighted by Gasteiger charge is -2.46. The molecule has 0 saturated carbocycles. The van der Waals surface area contributed by atoms with Crippen LogP contribution in [0.3, 0.4) is 0 Å². The highest BCUT2D eigenvalue weighted by Crippen LogP contribution is 2.28. The standard InChI is InChI=1S/C16H24FN3O/c1-15(2)8-11(9-16(3,4)20-15)19-14(21)10-5-6-13(18)12(17)7-10/h5-7,11,20H,8-9,18H2,1-4H3,(H,19,21). The van der Waals surface area contributed by atoms with Gasteiger partial charge in [0, 0.05) is 22.7 Å². The first-order valence-corrected chi connectivity index (χ1v) is 7.23. The minimum absolute atomic E-state index is 0.0495. The number of halogens is 1. The molecule has 1 amide bonds. The molecule has 1 aliphatic rings. The number of hydrogen-bond donors (Lipinski definition) is 3. The molecule has 0 bridgehead atoms. The Bertz CT molecular complexity index is 538. The van der Waals surface area contributed by atoms with Crippen LogP contribution in [0.25, 0.3) is 0 Å². The van der Waals surface area contributed by atoms with Gasteiger partial charge in [-0.2, -0.15) is 0 Å². The topological polar surface area (TPSA) is 67.2 Å². The van der Waals surface area contributed by atoms with Crippen molar-refractivity contribution in [3.05, 3.63) is 29.6 Å². The third-order valence-corrected chi connectivity index (χ3v) is 3.79. The summed E-state index contributed by atoms with van der Waals surface area (Å²) in [5.74, 6) is -0.818. The van der Waals surface area contributed by atoms with E-state index in [1.807, 2.05) is 0 Å². The van der Waals surface area contributed by atoms with E-state index in [0.717, 1.165) is 12.8 Å². The first kappa shape index (κ1) is 15.8. The second-order valence-corrected chi connectivity index (χ2v) is 7.21. The van der Waals surface area contributed by atoms with E-state index in [-0.39, 0.29) is 28.7 Å². The fraction of sp³-hybridized carbons (Fsp3) is 0.562. The fourth-order valence-corrected chi connectivity index (χ4v) is 3.36. The van der Waals surface area contributed by atoms with Gasteiger partial charge in [-0.3, -0.25) is 4.79 Å². The number of carbonyl (C=O) groups excluding carboxylic acids is 1. The van der Waals surface area contributed by atoms with E-state index in [4.69, 9.17) is 5.73 Å². The molecule has 1 saturated heterocycles. The average molecular weight is 293 g/mol. The van der Waals surface area contributed by atoms with Crippen molar-refractivity contribution in [2.24, 2.45) is 0 Å². The Morgan fingerprint density at radius 1 is 1.29 bits per heavy atom. The second-order valence-electron chi connectivity index (χ2n) is 7.21. The van der Waals surface area contributed by atoms with Gasteiger partial charge in [0.25, 0.3) is 5.91 Å². The normalized spacial score (nSPS) is 21.0. The number of anilines is 1. The largest absolute Gasteiger partial charge is 0.396 e. The quantitative estimate of drug-likeness (QED) is 0.734. The Morgan fingerprint density at radius 2 is 1.86 bits per heavy atom. The van der Waals surface area contributed by atoms with E-state index < -0.39 is 5.82 Å². The zero-order valence-electron chi connectivity index (χ0n) is 13.1. The number of nitrogens with one attached hydrogen (secondary N) is 2. The molecule has 0 aromatic heterocycles. The molecule has 4 nitrogen and oxygen atoms in total.